The molecule has 0 aromatic heterocycles. The Kier molecular flexibility index (Phi) is 5.52. The first kappa shape index (κ1) is 21.4. The molecule has 3 aromatic rings. The van der Waals surface area contributed by atoms with Gasteiger partial charge >= 0.3 is 0 Å². The number of fused-ring (bicyclic) bond motifs is 2. The van der Waals surface area contributed by atoms with Crippen molar-refractivity contribution in [2.75, 3.05) is 11.7 Å². The van der Waals surface area contributed by atoms with Crippen LogP contribution in [0.5, 0.6) is 11.5 Å². The zero-order valence-corrected chi connectivity index (χ0v) is 19.1. The molecule has 2 aliphatic rings. The summed E-state index contributed by atoms with van der Waals surface area (Å²) in [5.41, 5.74) is 0.762. The number of rotatable bonds is 6. The first-order valence-electron chi connectivity index (χ1n) is 10.4. The summed E-state index contributed by atoms with van der Waals surface area (Å²) in [6, 6.07) is 20.2. The van der Waals surface area contributed by atoms with Crippen LogP contribution in [0.1, 0.15) is 23.1 Å². The predicted octanol–water partition coefficient (Wildman–Crippen LogP) is 4.58. The van der Waals surface area contributed by atoms with Gasteiger partial charge in [0.15, 0.2) is 22.9 Å². The normalized spacial score (nSPS) is 18.7. The van der Waals surface area contributed by atoms with Crippen LogP contribution in [-0.2, 0) is 21.7 Å². The summed E-state index contributed by atoms with van der Waals surface area (Å²) in [4.78, 5) is 27.8. The SMILES string of the molecule is O=C(C=Cc1ccc2c(c1)OCO2)CC1(O)C(=O)N(Cc2ccccc2)c2ccc(Br)cc21. The van der Waals surface area contributed by atoms with Gasteiger partial charge in [0.1, 0.15) is 0 Å². The zero-order chi connectivity index (χ0) is 23.0. The molecule has 1 N–H and O–H groups in total. The maximum absolute atomic E-state index is 13.4. The number of ether oxygens (including phenoxy) is 2. The van der Waals surface area contributed by atoms with Crippen LogP contribution in [0.15, 0.2) is 77.3 Å². The van der Waals surface area contributed by atoms with E-state index in [1.807, 2.05) is 36.4 Å². The van der Waals surface area contributed by atoms with Crippen molar-refractivity contribution in [2.45, 2.75) is 18.6 Å². The molecule has 0 spiro atoms. The first-order valence-corrected chi connectivity index (χ1v) is 11.2. The lowest BCUT2D eigenvalue weighted by molar-refractivity contribution is -0.140. The molecule has 2 aliphatic heterocycles. The van der Waals surface area contributed by atoms with E-state index < -0.39 is 11.5 Å². The van der Waals surface area contributed by atoms with Gasteiger partial charge in [-0.1, -0.05) is 58.4 Å². The Hall–Kier alpha value is -3.42. The van der Waals surface area contributed by atoms with Gasteiger partial charge in [0.05, 0.1) is 18.7 Å². The number of benzene rings is 3. The summed E-state index contributed by atoms with van der Waals surface area (Å²) in [6.45, 7) is 0.475. The van der Waals surface area contributed by atoms with Crippen LogP contribution in [0.3, 0.4) is 0 Å². The van der Waals surface area contributed by atoms with Crippen molar-refractivity contribution in [3.63, 3.8) is 0 Å². The average Bonchev–Trinajstić information content (AvgIpc) is 3.36. The van der Waals surface area contributed by atoms with Crippen LogP contribution >= 0.6 is 15.9 Å². The zero-order valence-electron chi connectivity index (χ0n) is 17.5. The number of anilines is 1. The molecule has 5 rings (SSSR count). The highest BCUT2D eigenvalue weighted by molar-refractivity contribution is 9.10. The number of amides is 1. The molecule has 1 amide bonds. The Morgan fingerprint density at radius 2 is 1.85 bits per heavy atom. The van der Waals surface area contributed by atoms with E-state index in [-0.39, 0.29) is 19.0 Å². The van der Waals surface area contributed by atoms with Gasteiger partial charge in [-0.15, -0.1) is 0 Å². The average molecular weight is 506 g/mol. The molecule has 3 aromatic carbocycles. The topological polar surface area (TPSA) is 76.1 Å². The summed E-state index contributed by atoms with van der Waals surface area (Å²) < 4.78 is 11.4. The van der Waals surface area contributed by atoms with Crippen LogP contribution in [0.25, 0.3) is 6.08 Å². The third-order valence-electron chi connectivity index (χ3n) is 5.77. The van der Waals surface area contributed by atoms with Crippen molar-refractivity contribution in [3.05, 3.63) is 94.0 Å². The number of allylic oxidation sites excluding steroid dienone is 1. The Bertz CT molecular complexity index is 1270. The summed E-state index contributed by atoms with van der Waals surface area (Å²) in [6.07, 6.45) is 2.65. The number of nitrogens with zero attached hydrogens (tertiary/aromatic N) is 1. The molecule has 0 aliphatic carbocycles. The van der Waals surface area contributed by atoms with Crippen molar-refractivity contribution in [2.24, 2.45) is 0 Å². The van der Waals surface area contributed by atoms with Gasteiger partial charge in [-0.25, -0.2) is 0 Å². The van der Waals surface area contributed by atoms with Gasteiger partial charge in [-0.2, -0.15) is 0 Å². The smallest absolute Gasteiger partial charge is 0.264 e. The van der Waals surface area contributed by atoms with E-state index in [2.05, 4.69) is 15.9 Å². The second-order valence-corrected chi connectivity index (χ2v) is 8.90. The Balaban J connectivity index is 1.40. The van der Waals surface area contributed by atoms with Crippen molar-refractivity contribution in [1.82, 2.24) is 0 Å². The van der Waals surface area contributed by atoms with Gasteiger partial charge in [0.25, 0.3) is 5.91 Å². The second kappa shape index (κ2) is 8.50. The summed E-state index contributed by atoms with van der Waals surface area (Å²) in [7, 11) is 0. The summed E-state index contributed by atoms with van der Waals surface area (Å²) in [5, 5.41) is 11.5. The highest BCUT2D eigenvalue weighted by Crippen LogP contribution is 2.44. The second-order valence-electron chi connectivity index (χ2n) is 7.99. The minimum Gasteiger partial charge on any atom is -0.454 e. The van der Waals surface area contributed by atoms with E-state index in [9.17, 15) is 14.7 Å². The fraction of sp³-hybridized carbons (Fsp3) is 0.154. The molecule has 7 heteroatoms. The number of halogens is 1. The number of carbonyl (C=O) groups is 2. The van der Waals surface area contributed by atoms with Crippen molar-refractivity contribution in [3.8, 4) is 11.5 Å². The molecule has 33 heavy (non-hydrogen) atoms. The lowest BCUT2D eigenvalue weighted by Gasteiger charge is -2.22. The van der Waals surface area contributed by atoms with Crippen molar-refractivity contribution < 1.29 is 24.2 Å². The van der Waals surface area contributed by atoms with Crippen LogP contribution in [0.2, 0.25) is 0 Å². The highest BCUT2D eigenvalue weighted by Gasteiger charge is 2.50. The monoisotopic (exact) mass is 505 g/mol. The minimum atomic E-state index is -1.94. The molecule has 0 bridgehead atoms. The molecule has 1 unspecified atom stereocenters. The van der Waals surface area contributed by atoms with Crippen LogP contribution in [0.4, 0.5) is 5.69 Å². The summed E-state index contributed by atoms with van der Waals surface area (Å²) >= 11 is 3.41. The molecular weight excluding hydrogens is 486 g/mol. The van der Waals surface area contributed by atoms with Crippen molar-refractivity contribution in [1.29, 1.82) is 0 Å². The molecule has 0 radical (unpaired) electrons. The maximum atomic E-state index is 13.4. The lowest BCUT2D eigenvalue weighted by atomic mass is 9.89. The van der Waals surface area contributed by atoms with Crippen LogP contribution < -0.4 is 14.4 Å². The highest BCUT2D eigenvalue weighted by atomic mass is 79.9. The van der Waals surface area contributed by atoms with E-state index in [0.717, 1.165) is 15.6 Å². The molecule has 0 fully saturated rings. The molecule has 1 atom stereocenters. The Morgan fingerprint density at radius 3 is 2.67 bits per heavy atom. The van der Waals surface area contributed by atoms with E-state index in [0.29, 0.717) is 29.3 Å². The number of hydrogen-bond acceptors (Lipinski definition) is 5. The van der Waals surface area contributed by atoms with Gasteiger partial charge in [0.2, 0.25) is 6.79 Å². The molecular formula is C26H20BrNO5. The minimum absolute atomic E-state index is 0.172. The molecule has 2 heterocycles. The fourth-order valence-electron chi connectivity index (χ4n) is 4.13. The van der Waals surface area contributed by atoms with E-state index in [1.54, 1.807) is 36.4 Å². The van der Waals surface area contributed by atoms with Gasteiger partial charge in [-0.05, 0) is 47.5 Å². The van der Waals surface area contributed by atoms with Gasteiger partial charge < -0.3 is 19.5 Å². The third-order valence-corrected chi connectivity index (χ3v) is 6.26. The number of ketones is 1. The number of aliphatic hydroxyl groups is 1. The standard InChI is InChI=1S/C26H20BrNO5/c27-19-8-10-22-21(13-19)26(31,25(30)28(22)15-18-4-2-1-3-5-18)14-20(29)9-6-17-7-11-23-24(12-17)33-16-32-23/h1-13,31H,14-16H2. The largest absolute Gasteiger partial charge is 0.454 e. The van der Waals surface area contributed by atoms with E-state index >= 15 is 0 Å². The lowest BCUT2D eigenvalue weighted by Crippen LogP contribution is -2.41. The van der Waals surface area contributed by atoms with E-state index in [1.165, 1.54) is 11.0 Å². The Labute approximate surface area is 199 Å². The summed E-state index contributed by atoms with van der Waals surface area (Å²) in [5.74, 6) is 0.398. The molecule has 0 saturated carbocycles. The van der Waals surface area contributed by atoms with Crippen molar-refractivity contribution >= 4 is 39.4 Å². The van der Waals surface area contributed by atoms with Crippen LogP contribution in [-0.4, -0.2) is 23.6 Å². The maximum Gasteiger partial charge on any atom is 0.264 e. The van der Waals surface area contributed by atoms with Gasteiger partial charge in [0, 0.05) is 10.0 Å². The van der Waals surface area contributed by atoms with Gasteiger partial charge in [-0.3, -0.25) is 9.59 Å². The molecule has 0 saturated heterocycles. The predicted molar refractivity (Wildman–Crippen MR) is 127 cm³/mol. The number of hydrogen-bond donors (Lipinski definition) is 1. The fourth-order valence-corrected chi connectivity index (χ4v) is 4.49. The quantitative estimate of drug-likeness (QED) is 0.496. The van der Waals surface area contributed by atoms with E-state index in [4.69, 9.17) is 9.47 Å². The molecule has 6 nitrogen and oxygen atoms in total. The first-order chi connectivity index (χ1) is 15.9. The number of carbonyl (C=O) groups excluding carboxylic acids is 2. The van der Waals surface area contributed by atoms with Crippen LogP contribution in [0, 0.1) is 0 Å². The molecule has 166 valence electrons. The Morgan fingerprint density at radius 1 is 1.06 bits per heavy atom. The third kappa shape index (κ3) is 4.05.